The Balaban J connectivity index is 2.81. The number of aryl methyl sites for hydroxylation is 2. The third-order valence-electron chi connectivity index (χ3n) is 1.52. The lowest BCUT2D eigenvalue weighted by Gasteiger charge is -1.90. The van der Waals surface area contributed by atoms with Crippen molar-refractivity contribution in [2.75, 3.05) is 6.61 Å². The van der Waals surface area contributed by atoms with Gasteiger partial charge in [-0.3, -0.25) is 0 Å². The maximum absolute atomic E-state index is 8.61. The highest BCUT2D eigenvalue weighted by atomic mass is 16.3. The van der Waals surface area contributed by atoms with Crippen LogP contribution < -0.4 is 0 Å². The van der Waals surface area contributed by atoms with Gasteiger partial charge in [-0.15, -0.1) is 0 Å². The Morgan fingerprint density at radius 3 is 2.60 bits per heavy atom. The standard InChI is InChI=1S/C8H12O2/c1-6-5-8(3-4-9)7(2)10-6/h5,9H,3-4H2,1-2H3. The quantitative estimate of drug-likeness (QED) is 0.674. The molecule has 0 aliphatic carbocycles. The lowest BCUT2D eigenvalue weighted by Crippen LogP contribution is -1.89. The molecule has 0 saturated heterocycles. The van der Waals surface area contributed by atoms with Crippen molar-refractivity contribution in [3.8, 4) is 0 Å². The first kappa shape index (κ1) is 7.35. The molecule has 1 aromatic rings. The summed E-state index contributed by atoms with van der Waals surface area (Å²) in [6, 6.07) is 1.96. The highest BCUT2D eigenvalue weighted by molar-refractivity contribution is 5.19. The van der Waals surface area contributed by atoms with Crippen molar-refractivity contribution in [1.29, 1.82) is 0 Å². The molecular weight excluding hydrogens is 128 g/mol. The SMILES string of the molecule is Cc1cc(CCO)c(C)o1. The Morgan fingerprint density at radius 2 is 2.20 bits per heavy atom. The highest BCUT2D eigenvalue weighted by Gasteiger charge is 2.01. The van der Waals surface area contributed by atoms with Crippen LogP contribution in [0, 0.1) is 13.8 Å². The lowest BCUT2D eigenvalue weighted by molar-refractivity contribution is 0.298. The maximum Gasteiger partial charge on any atom is 0.104 e. The van der Waals surface area contributed by atoms with E-state index >= 15 is 0 Å². The summed E-state index contributed by atoms with van der Waals surface area (Å²) in [7, 11) is 0. The number of aliphatic hydroxyl groups is 1. The molecule has 1 aromatic heterocycles. The lowest BCUT2D eigenvalue weighted by atomic mass is 10.2. The molecule has 0 unspecified atom stereocenters. The van der Waals surface area contributed by atoms with Gasteiger partial charge in [-0.1, -0.05) is 0 Å². The molecule has 0 atom stereocenters. The second kappa shape index (κ2) is 2.88. The first-order chi connectivity index (χ1) is 4.74. The van der Waals surface area contributed by atoms with Crippen LogP contribution in [0.25, 0.3) is 0 Å². The smallest absolute Gasteiger partial charge is 0.104 e. The van der Waals surface area contributed by atoms with Crippen LogP contribution in [0.3, 0.4) is 0 Å². The van der Waals surface area contributed by atoms with Crippen molar-refractivity contribution in [1.82, 2.24) is 0 Å². The third kappa shape index (κ3) is 1.39. The normalized spacial score (nSPS) is 10.3. The molecule has 0 spiro atoms. The van der Waals surface area contributed by atoms with E-state index in [9.17, 15) is 0 Å². The molecule has 0 saturated carbocycles. The second-order valence-corrected chi connectivity index (χ2v) is 2.41. The van der Waals surface area contributed by atoms with Crippen LogP contribution in [-0.4, -0.2) is 11.7 Å². The summed E-state index contributed by atoms with van der Waals surface area (Å²) in [6.07, 6.45) is 0.698. The fourth-order valence-corrected chi connectivity index (χ4v) is 1.05. The van der Waals surface area contributed by atoms with Gasteiger partial charge >= 0.3 is 0 Å². The minimum atomic E-state index is 0.194. The van der Waals surface area contributed by atoms with E-state index in [-0.39, 0.29) is 6.61 Å². The van der Waals surface area contributed by atoms with Crippen molar-refractivity contribution in [2.45, 2.75) is 20.3 Å². The van der Waals surface area contributed by atoms with E-state index in [1.54, 1.807) is 0 Å². The van der Waals surface area contributed by atoms with Crippen LogP contribution in [0.4, 0.5) is 0 Å². The van der Waals surface area contributed by atoms with Crippen LogP contribution >= 0.6 is 0 Å². The molecule has 0 fully saturated rings. The van der Waals surface area contributed by atoms with Crippen LogP contribution in [-0.2, 0) is 6.42 Å². The van der Waals surface area contributed by atoms with Crippen LogP contribution in [0.1, 0.15) is 17.1 Å². The Labute approximate surface area is 60.5 Å². The van der Waals surface area contributed by atoms with Gasteiger partial charge in [0.25, 0.3) is 0 Å². The van der Waals surface area contributed by atoms with E-state index in [1.807, 2.05) is 19.9 Å². The molecule has 0 radical (unpaired) electrons. The third-order valence-corrected chi connectivity index (χ3v) is 1.52. The van der Waals surface area contributed by atoms with Crippen molar-refractivity contribution in [2.24, 2.45) is 0 Å². The van der Waals surface area contributed by atoms with Gasteiger partial charge in [-0.2, -0.15) is 0 Å². The summed E-state index contributed by atoms with van der Waals surface area (Å²) in [6.45, 7) is 4.02. The minimum absolute atomic E-state index is 0.194. The summed E-state index contributed by atoms with van der Waals surface area (Å²) >= 11 is 0. The number of hydrogen-bond acceptors (Lipinski definition) is 2. The predicted molar refractivity (Wildman–Crippen MR) is 39.0 cm³/mol. The van der Waals surface area contributed by atoms with Gasteiger partial charge in [-0.05, 0) is 31.9 Å². The zero-order valence-electron chi connectivity index (χ0n) is 6.35. The van der Waals surface area contributed by atoms with Crippen LogP contribution in [0.15, 0.2) is 10.5 Å². The Hall–Kier alpha value is -0.760. The molecule has 10 heavy (non-hydrogen) atoms. The van der Waals surface area contributed by atoms with Gasteiger partial charge in [0, 0.05) is 6.61 Å². The van der Waals surface area contributed by atoms with Gasteiger partial charge in [0.05, 0.1) is 0 Å². The van der Waals surface area contributed by atoms with E-state index in [4.69, 9.17) is 9.52 Å². The Kier molecular flexibility index (Phi) is 2.12. The first-order valence-corrected chi connectivity index (χ1v) is 3.41. The maximum atomic E-state index is 8.61. The van der Waals surface area contributed by atoms with Gasteiger partial charge in [0.15, 0.2) is 0 Å². The number of aliphatic hydroxyl groups excluding tert-OH is 1. The zero-order chi connectivity index (χ0) is 7.56. The molecule has 0 amide bonds. The number of rotatable bonds is 2. The minimum Gasteiger partial charge on any atom is -0.466 e. The van der Waals surface area contributed by atoms with Gasteiger partial charge in [-0.25, -0.2) is 0 Å². The molecule has 1 heterocycles. The molecule has 2 nitrogen and oxygen atoms in total. The zero-order valence-corrected chi connectivity index (χ0v) is 6.35. The van der Waals surface area contributed by atoms with E-state index in [2.05, 4.69) is 0 Å². The summed E-state index contributed by atoms with van der Waals surface area (Å²) in [5.74, 6) is 1.84. The van der Waals surface area contributed by atoms with Crippen LogP contribution in [0.2, 0.25) is 0 Å². The van der Waals surface area contributed by atoms with Crippen molar-refractivity contribution in [3.05, 3.63) is 23.2 Å². The fraction of sp³-hybridized carbons (Fsp3) is 0.500. The predicted octanol–water partition coefficient (Wildman–Crippen LogP) is 1.43. The molecule has 1 rings (SSSR count). The second-order valence-electron chi connectivity index (χ2n) is 2.41. The van der Waals surface area contributed by atoms with Crippen molar-refractivity contribution >= 4 is 0 Å². The van der Waals surface area contributed by atoms with E-state index in [0.29, 0.717) is 6.42 Å². The average Bonchev–Trinajstić information content (AvgIpc) is 2.13. The molecule has 0 aromatic carbocycles. The summed E-state index contributed by atoms with van der Waals surface area (Å²) < 4.78 is 5.26. The molecule has 2 heteroatoms. The van der Waals surface area contributed by atoms with Crippen molar-refractivity contribution in [3.63, 3.8) is 0 Å². The Morgan fingerprint density at radius 1 is 1.50 bits per heavy atom. The van der Waals surface area contributed by atoms with Gasteiger partial charge in [0.2, 0.25) is 0 Å². The largest absolute Gasteiger partial charge is 0.466 e. The fourth-order valence-electron chi connectivity index (χ4n) is 1.05. The Bertz CT molecular complexity index is 213. The number of furan rings is 1. The molecule has 0 aliphatic rings. The number of hydrogen-bond donors (Lipinski definition) is 1. The highest BCUT2D eigenvalue weighted by Crippen LogP contribution is 2.13. The average molecular weight is 140 g/mol. The molecular formula is C8H12O2. The molecule has 0 aliphatic heterocycles. The topological polar surface area (TPSA) is 33.4 Å². The van der Waals surface area contributed by atoms with Crippen LogP contribution in [0.5, 0.6) is 0 Å². The summed E-state index contributed by atoms with van der Waals surface area (Å²) in [4.78, 5) is 0. The van der Waals surface area contributed by atoms with E-state index < -0.39 is 0 Å². The van der Waals surface area contributed by atoms with Gasteiger partial charge < -0.3 is 9.52 Å². The monoisotopic (exact) mass is 140 g/mol. The van der Waals surface area contributed by atoms with Crippen molar-refractivity contribution < 1.29 is 9.52 Å². The molecule has 1 N–H and O–H groups in total. The van der Waals surface area contributed by atoms with E-state index in [1.165, 1.54) is 0 Å². The van der Waals surface area contributed by atoms with Gasteiger partial charge in [0.1, 0.15) is 11.5 Å². The summed E-state index contributed by atoms with van der Waals surface area (Å²) in [5, 5.41) is 8.61. The first-order valence-electron chi connectivity index (χ1n) is 3.41. The molecule has 0 bridgehead atoms. The summed E-state index contributed by atoms with van der Waals surface area (Å²) in [5.41, 5.74) is 1.11. The van der Waals surface area contributed by atoms with E-state index in [0.717, 1.165) is 17.1 Å². The molecule has 56 valence electrons.